The summed E-state index contributed by atoms with van der Waals surface area (Å²) in [6.07, 6.45) is 0. The maximum absolute atomic E-state index is 12.0. The molecular formula is C13H16O5S. The Morgan fingerprint density at radius 2 is 1.89 bits per heavy atom. The van der Waals surface area contributed by atoms with Gasteiger partial charge in [0, 0.05) is 11.7 Å². The van der Waals surface area contributed by atoms with E-state index in [2.05, 4.69) is 0 Å². The molecule has 0 amide bonds. The van der Waals surface area contributed by atoms with E-state index in [1.807, 2.05) is 0 Å². The molecule has 0 radical (unpaired) electrons. The van der Waals surface area contributed by atoms with Crippen molar-refractivity contribution < 1.29 is 23.4 Å². The van der Waals surface area contributed by atoms with Gasteiger partial charge in [0.15, 0.2) is 9.84 Å². The predicted octanol–water partition coefficient (Wildman–Crippen LogP) is 0.650. The molecule has 1 fully saturated rings. The van der Waals surface area contributed by atoms with Crippen LogP contribution in [0.4, 0.5) is 0 Å². The first-order valence-electron chi connectivity index (χ1n) is 6.02. The number of sulfone groups is 1. The number of carboxylic acid groups (broad SMARTS) is 1. The standard InChI is InChI=1S/C13H16O5S/c1-2-19(17,18)11-10(9-6-4-3-5-7-9)13(11,8-14)12(15)16/h3-7,10-11,14H,2,8H2,1H3,(H,15,16)/t10-,11-,13-/m1/s1. The first kappa shape index (κ1) is 14.0. The van der Waals surface area contributed by atoms with Crippen molar-refractivity contribution in [1.82, 2.24) is 0 Å². The second-order valence-electron chi connectivity index (χ2n) is 4.76. The molecule has 0 saturated heterocycles. The van der Waals surface area contributed by atoms with Crippen molar-refractivity contribution in [3.63, 3.8) is 0 Å². The summed E-state index contributed by atoms with van der Waals surface area (Å²) in [5.41, 5.74) is -0.961. The molecule has 2 N–H and O–H groups in total. The molecule has 104 valence electrons. The molecule has 19 heavy (non-hydrogen) atoms. The lowest BCUT2D eigenvalue weighted by Gasteiger charge is -2.08. The smallest absolute Gasteiger partial charge is 0.314 e. The number of carboxylic acids is 1. The molecule has 0 aliphatic heterocycles. The average molecular weight is 284 g/mol. The SMILES string of the molecule is CCS(=O)(=O)[C@@H]1[C@@H](c2ccccc2)[C@@]1(CO)C(=O)O. The fourth-order valence-electron chi connectivity index (χ4n) is 2.76. The third-order valence-corrected chi connectivity index (χ3v) is 6.14. The van der Waals surface area contributed by atoms with Crippen LogP contribution in [0.2, 0.25) is 0 Å². The minimum Gasteiger partial charge on any atom is -0.481 e. The Balaban J connectivity index is 2.51. The van der Waals surface area contributed by atoms with Gasteiger partial charge in [-0.05, 0) is 5.56 Å². The van der Waals surface area contributed by atoms with Crippen LogP contribution in [0.1, 0.15) is 18.4 Å². The normalized spacial score (nSPS) is 30.0. The van der Waals surface area contributed by atoms with Crippen molar-refractivity contribution >= 4 is 15.8 Å². The van der Waals surface area contributed by atoms with Crippen molar-refractivity contribution in [3.05, 3.63) is 35.9 Å². The Hall–Kier alpha value is -1.40. The summed E-state index contributed by atoms with van der Waals surface area (Å²) in [5, 5.41) is 17.7. The summed E-state index contributed by atoms with van der Waals surface area (Å²) in [6.45, 7) is 0.811. The number of hydrogen-bond donors (Lipinski definition) is 2. The van der Waals surface area contributed by atoms with Gasteiger partial charge in [0.25, 0.3) is 0 Å². The number of aliphatic hydroxyl groups is 1. The number of benzene rings is 1. The van der Waals surface area contributed by atoms with Gasteiger partial charge in [-0.25, -0.2) is 8.42 Å². The molecule has 1 aliphatic rings. The maximum atomic E-state index is 12.0. The highest BCUT2D eigenvalue weighted by atomic mass is 32.2. The van der Waals surface area contributed by atoms with Gasteiger partial charge < -0.3 is 10.2 Å². The highest BCUT2D eigenvalue weighted by Crippen LogP contribution is 2.63. The van der Waals surface area contributed by atoms with Crippen molar-refractivity contribution in [1.29, 1.82) is 0 Å². The highest BCUT2D eigenvalue weighted by Gasteiger charge is 2.75. The van der Waals surface area contributed by atoms with E-state index in [1.165, 1.54) is 6.92 Å². The van der Waals surface area contributed by atoms with Crippen LogP contribution in [-0.2, 0) is 14.6 Å². The van der Waals surface area contributed by atoms with Crippen LogP contribution in [0.3, 0.4) is 0 Å². The average Bonchev–Trinajstić information content (AvgIpc) is 3.11. The fourth-order valence-corrected chi connectivity index (χ4v) is 4.81. The van der Waals surface area contributed by atoms with Gasteiger partial charge in [0.05, 0.1) is 11.9 Å². The Bertz CT molecular complexity index is 580. The minimum absolute atomic E-state index is 0.129. The van der Waals surface area contributed by atoms with Crippen molar-refractivity contribution in [3.8, 4) is 0 Å². The van der Waals surface area contributed by atoms with Crippen LogP contribution in [0.15, 0.2) is 30.3 Å². The van der Waals surface area contributed by atoms with Crippen LogP contribution in [0.25, 0.3) is 0 Å². The maximum Gasteiger partial charge on any atom is 0.314 e. The topological polar surface area (TPSA) is 91.7 Å². The number of rotatable bonds is 5. The Kier molecular flexibility index (Phi) is 3.40. The van der Waals surface area contributed by atoms with Gasteiger partial charge in [-0.2, -0.15) is 0 Å². The minimum atomic E-state index is -3.53. The zero-order valence-corrected chi connectivity index (χ0v) is 11.3. The zero-order chi connectivity index (χ0) is 14.3. The van der Waals surface area contributed by atoms with E-state index < -0.39 is 39.0 Å². The van der Waals surface area contributed by atoms with Crippen molar-refractivity contribution in [2.75, 3.05) is 12.4 Å². The molecule has 1 aromatic rings. The molecule has 0 heterocycles. The first-order chi connectivity index (χ1) is 8.91. The van der Waals surface area contributed by atoms with E-state index in [9.17, 15) is 23.4 Å². The number of carbonyl (C=O) groups is 1. The second-order valence-corrected chi connectivity index (χ2v) is 7.18. The fraction of sp³-hybridized carbons (Fsp3) is 0.462. The lowest BCUT2D eigenvalue weighted by Crippen LogP contribution is -2.28. The van der Waals surface area contributed by atoms with Crippen LogP contribution in [-0.4, -0.2) is 42.2 Å². The third-order valence-electron chi connectivity index (χ3n) is 3.86. The second kappa shape index (κ2) is 4.61. The lowest BCUT2D eigenvalue weighted by atomic mass is 10.0. The molecule has 6 heteroatoms. The monoisotopic (exact) mass is 284 g/mol. The molecule has 5 nitrogen and oxygen atoms in total. The summed E-state index contributed by atoms with van der Waals surface area (Å²) < 4.78 is 24.1. The lowest BCUT2D eigenvalue weighted by molar-refractivity contribution is -0.145. The van der Waals surface area contributed by atoms with E-state index in [0.29, 0.717) is 5.56 Å². The zero-order valence-electron chi connectivity index (χ0n) is 10.5. The molecule has 1 aliphatic carbocycles. The summed E-state index contributed by atoms with van der Waals surface area (Å²) in [5.74, 6) is -2.07. The van der Waals surface area contributed by atoms with Gasteiger partial charge in [-0.1, -0.05) is 37.3 Å². The molecule has 0 bridgehead atoms. The Morgan fingerprint density at radius 3 is 2.32 bits per heavy atom. The van der Waals surface area contributed by atoms with E-state index in [1.54, 1.807) is 30.3 Å². The molecule has 0 spiro atoms. The number of hydrogen-bond acceptors (Lipinski definition) is 4. The summed E-state index contributed by atoms with van der Waals surface area (Å²) in [7, 11) is -3.53. The third kappa shape index (κ3) is 1.95. The highest BCUT2D eigenvalue weighted by molar-refractivity contribution is 7.92. The molecule has 2 rings (SSSR count). The van der Waals surface area contributed by atoms with Gasteiger partial charge >= 0.3 is 5.97 Å². The molecular weight excluding hydrogens is 268 g/mol. The van der Waals surface area contributed by atoms with Crippen molar-refractivity contribution in [2.45, 2.75) is 18.1 Å². The number of aliphatic carboxylic acids is 1. The molecule has 1 saturated carbocycles. The van der Waals surface area contributed by atoms with Gasteiger partial charge in [0.1, 0.15) is 5.41 Å². The largest absolute Gasteiger partial charge is 0.481 e. The van der Waals surface area contributed by atoms with Crippen LogP contribution >= 0.6 is 0 Å². The van der Waals surface area contributed by atoms with Crippen LogP contribution < -0.4 is 0 Å². The van der Waals surface area contributed by atoms with Crippen molar-refractivity contribution in [2.24, 2.45) is 5.41 Å². The molecule has 3 atom stereocenters. The quantitative estimate of drug-likeness (QED) is 0.828. The Labute approximate surface area is 111 Å². The van der Waals surface area contributed by atoms with E-state index >= 15 is 0 Å². The predicted molar refractivity (Wildman–Crippen MR) is 69.6 cm³/mol. The summed E-state index contributed by atoms with van der Waals surface area (Å²) >= 11 is 0. The van der Waals surface area contributed by atoms with E-state index in [-0.39, 0.29) is 5.75 Å². The summed E-state index contributed by atoms with van der Waals surface area (Å²) in [4.78, 5) is 11.4. The number of aliphatic hydroxyl groups excluding tert-OH is 1. The molecule has 0 aromatic heterocycles. The molecule has 0 unspecified atom stereocenters. The molecule has 1 aromatic carbocycles. The van der Waals surface area contributed by atoms with Gasteiger partial charge in [-0.15, -0.1) is 0 Å². The van der Waals surface area contributed by atoms with Gasteiger partial charge in [0.2, 0.25) is 0 Å². The van der Waals surface area contributed by atoms with Gasteiger partial charge in [-0.3, -0.25) is 4.79 Å². The van der Waals surface area contributed by atoms with E-state index in [4.69, 9.17) is 0 Å². The summed E-state index contributed by atoms with van der Waals surface area (Å²) in [6, 6.07) is 8.63. The van der Waals surface area contributed by atoms with Crippen LogP contribution in [0, 0.1) is 5.41 Å². The van der Waals surface area contributed by atoms with E-state index in [0.717, 1.165) is 0 Å². The first-order valence-corrected chi connectivity index (χ1v) is 7.74. The van der Waals surface area contributed by atoms with Crippen LogP contribution in [0.5, 0.6) is 0 Å². The Morgan fingerprint density at radius 1 is 1.32 bits per heavy atom.